The number of amides is 1. The second-order valence-corrected chi connectivity index (χ2v) is 7.92. The largest absolute Gasteiger partial charge is 0.355 e. The summed E-state index contributed by atoms with van der Waals surface area (Å²) >= 11 is 1.82. The first-order valence-corrected chi connectivity index (χ1v) is 10.0. The van der Waals surface area contributed by atoms with Crippen molar-refractivity contribution in [3.63, 3.8) is 0 Å². The van der Waals surface area contributed by atoms with Crippen LogP contribution in [-0.2, 0) is 4.79 Å². The average molecular weight is 343 g/mol. The van der Waals surface area contributed by atoms with Gasteiger partial charge < -0.3 is 15.1 Å². The number of nitrogens with zero attached hydrogens (tertiary/aromatic N) is 3. The number of likely N-dealkylation sites (tertiary alicyclic amines) is 1. The highest BCUT2D eigenvalue weighted by atomic mass is 32.2. The highest BCUT2D eigenvalue weighted by Gasteiger charge is 2.31. The summed E-state index contributed by atoms with van der Waals surface area (Å²) in [5.41, 5.74) is 0.362. The number of rotatable bonds is 7. The van der Waals surface area contributed by atoms with Gasteiger partial charge in [0, 0.05) is 39.5 Å². The number of thioether (sulfide) groups is 1. The molecule has 0 radical (unpaired) electrons. The molecule has 1 heterocycles. The lowest BCUT2D eigenvalue weighted by Crippen LogP contribution is -2.50. The predicted octanol–water partition coefficient (Wildman–Crippen LogP) is 2.29. The monoisotopic (exact) mass is 342 g/mol. The van der Waals surface area contributed by atoms with Crippen molar-refractivity contribution in [1.82, 2.24) is 15.1 Å². The number of hydrogen-bond donors (Lipinski definition) is 1. The number of guanidine groups is 1. The van der Waals surface area contributed by atoms with Crippen molar-refractivity contribution in [1.29, 1.82) is 0 Å². The van der Waals surface area contributed by atoms with Gasteiger partial charge in [0.05, 0.1) is 0 Å². The topological polar surface area (TPSA) is 47.9 Å². The van der Waals surface area contributed by atoms with E-state index in [2.05, 4.69) is 35.3 Å². The Morgan fingerprint density at radius 3 is 2.78 bits per heavy atom. The lowest BCUT2D eigenvalue weighted by molar-refractivity contribution is -0.127. The summed E-state index contributed by atoms with van der Waals surface area (Å²) in [6, 6.07) is 0. The smallest absolute Gasteiger partial charge is 0.243 e. The van der Waals surface area contributed by atoms with Crippen molar-refractivity contribution >= 4 is 23.6 Å². The molecule has 1 fully saturated rings. The van der Waals surface area contributed by atoms with E-state index >= 15 is 0 Å². The fourth-order valence-electron chi connectivity index (χ4n) is 3.12. The van der Waals surface area contributed by atoms with Gasteiger partial charge >= 0.3 is 0 Å². The molecule has 0 aromatic rings. The molecule has 6 heteroatoms. The summed E-state index contributed by atoms with van der Waals surface area (Å²) < 4.78 is 0. The Kier molecular flexibility index (Phi) is 8.81. The zero-order valence-corrected chi connectivity index (χ0v) is 16.3. The molecule has 1 aliphatic rings. The van der Waals surface area contributed by atoms with Crippen LogP contribution in [0.5, 0.6) is 0 Å². The minimum absolute atomic E-state index is 0.0440. The first kappa shape index (κ1) is 20.1. The molecule has 0 spiro atoms. The van der Waals surface area contributed by atoms with Gasteiger partial charge in [-0.3, -0.25) is 4.79 Å². The van der Waals surface area contributed by atoms with Crippen LogP contribution in [0.4, 0.5) is 0 Å². The van der Waals surface area contributed by atoms with Crippen LogP contribution in [0, 0.1) is 5.41 Å². The summed E-state index contributed by atoms with van der Waals surface area (Å²) in [5, 5.41) is 3.45. The van der Waals surface area contributed by atoms with E-state index in [1.54, 1.807) is 19.0 Å². The maximum Gasteiger partial charge on any atom is 0.243 e. The highest BCUT2D eigenvalue weighted by Crippen LogP contribution is 2.33. The zero-order valence-electron chi connectivity index (χ0n) is 15.5. The third-order valence-electron chi connectivity index (χ3n) is 4.39. The zero-order chi connectivity index (χ0) is 17.3. The lowest BCUT2D eigenvalue weighted by Gasteiger charge is -2.42. The van der Waals surface area contributed by atoms with Crippen LogP contribution in [0.3, 0.4) is 0 Å². The summed E-state index contributed by atoms with van der Waals surface area (Å²) in [7, 11) is 3.55. The molecule has 0 aromatic carbocycles. The molecule has 1 rings (SSSR count). The summed E-state index contributed by atoms with van der Waals surface area (Å²) in [6.07, 6.45) is 7.05. The van der Waals surface area contributed by atoms with E-state index in [1.165, 1.54) is 25.7 Å². The molecule has 23 heavy (non-hydrogen) atoms. The van der Waals surface area contributed by atoms with Crippen LogP contribution in [0.1, 0.15) is 39.5 Å². The maximum absolute atomic E-state index is 11.9. The van der Waals surface area contributed by atoms with Crippen molar-refractivity contribution < 1.29 is 4.79 Å². The van der Waals surface area contributed by atoms with E-state index in [9.17, 15) is 4.79 Å². The van der Waals surface area contributed by atoms with E-state index in [-0.39, 0.29) is 12.5 Å². The Labute approximate surface area is 146 Å². The maximum atomic E-state index is 11.9. The predicted molar refractivity (Wildman–Crippen MR) is 101 cm³/mol. The molecular formula is C17H34N4OS. The Hall–Kier alpha value is -0.910. The van der Waals surface area contributed by atoms with Crippen molar-refractivity contribution in [2.75, 3.05) is 52.3 Å². The van der Waals surface area contributed by atoms with Crippen molar-refractivity contribution in [3.05, 3.63) is 0 Å². The molecule has 1 aliphatic heterocycles. The number of piperidine rings is 1. The quantitative estimate of drug-likeness (QED) is 0.438. The van der Waals surface area contributed by atoms with E-state index < -0.39 is 0 Å². The molecule has 5 nitrogen and oxygen atoms in total. The van der Waals surface area contributed by atoms with Crippen molar-refractivity contribution in [2.24, 2.45) is 10.4 Å². The molecule has 1 amide bonds. The van der Waals surface area contributed by atoms with Gasteiger partial charge in [-0.15, -0.1) is 0 Å². The molecule has 1 unspecified atom stereocenters. The third-order valence-corrected chi connectivity index (χ3v) is 5.00. The molecule has 0 bridgehead atoms. The molecule has 0 aromatic heterocycles. The summed E-state index contributed by atoms with van der Waals surface area (Å²) in [6.45, 7) is 7.80. The van der Waals surface area contributed by atoms with Crippen LogP contribution < -0.4 is 5.32 Å². The number of aliphatic imine (C=N–C) groups is 1. The first-order valence-electron chi connectivity index (χ1n) is 8.64. The van der Waals surface area contributed by atoms with Crippen LogP contribution in [-0.4, -0.2) is 73.9 Å². The summed E-state index contributed by atoms with van der Waals surface area (Å²) in [4.78, 5) is 20.4. The van der Waals surface area contributed by atoms with Gasteiger partial charge in [-0.2, -0.15) is 11.8 Å². The fourth-order valence-corrected chi connectivity index (χ4v) is 3.43. The minimum Gasteiger partial charge on any atom is -0.355 e. The Bertz CT molecular complexity index is 396. The molecule has 0 aliphatic carbocycles. The normalized spacial score (nSPS) is 22.1. The second kappa shape index (κ2) is 10.1. The number of likely N-dealkylation sites (N-methyl/N-ethyl adjacent to an activating group) is 1. The van der Waals surface area contributed by atoms with Crippen LogP contribution in [0.15, 0.2) is 4.99 Å². The molecule has 0 saturated carbocycles. The average Bonchev–Trinajstić information content (AvgIpc) is 2.50. The molecule has 134 valence electrons. The molecule has 1 N–H and O–H groups in total. The van der Waals surface area contributed by atoms with Crippen LogP contribution in [0.2, 0.25) is 0 Å². The summed E-state index contributed by atoms with van der Waals surface area (Å²) in [5.74, 6) is 1.99. The van der Waals surface area contributed by atoms with Crippen LogP contribution in [0.25, 0.3) is 0 Å². The van der Waals surface area contributed by atoms with Gasteiger partial charge in [-0.25, -0.2) is 4.99 Å². The third kappa shape index (κ3) is 7.02. The van der Waals surface area contributed by atoms with E-state index in [1.807, 2.05) is 11.8 Å². The van der Waals surface area contributed by atoms with Gasteiger partial charge in [-0.05, 0) is 30.9 Å². The van der Waals surface area contributed by atoms with Crippen molar-refractivity contribution in [3.8, 4) is 0 Å². The van der Waals surface area contributed by atoms with Gasteiger partial charge in [0.1, 0.15) is 6.54 Å². The van der Waals surface area contributed by atoms with Gasteiger partial charge in [0.2, 0.25) is 5.91 Å². The Morgan fingerprint density at radius 2 is 2.17 bits per heavy atom. The van der Waals surface area contributed by atoms with E-state index in [0.717, 1.165) is 31.3 Å². The van der Waals surface area contributed by atoms with Crippen molar-refractivity contribution in [2.45, 2.75) is 39.5 Å². The highest BCUT2D eigenvalue weighted by molar-refractivity contribution is 7.98. The number of hydrogen-bond acceptors (Lipinski definition) is 3. The Morgan fingerprint density at radius 1 is 1.43 bits per heavy atom. The SMILES string of the molecule is CCCC1(C)CCCN(C(=NCC(=O)N(C)C)NCCSC)C1. The van der Waals surface area contributed by atoms with Gasteiger partial charge in [0.25, 0.3) is 0 Å². The standard InChI is InChI=1S/C17H34N4OS/c1-6-8-17(2)9-7-11-21(14-17)16(18-10-12-23-5)19-13-15(22)20(3)4/h6-14H2,1-5H3,(H,18,19). The Balaban J connectivity index is 2.77. The number of nitrogens with one attached hydrogen (secondary N) is 1. The number of carbonyl (C=O) groups excluding carboxylic acids is 1. The fraction of sp³-hybridized carbons (Fsp3) is 0.882. The van der Waals surface area contributed by atoms with E-state index in [4.69, 9.17) is 0 Å². The molecule has 1 saturated heterocycles. The lowest BCUT2D eigenvalue weighted by atomic mass is 9.78. The number of carbonyl (C=O) groups is 1. The minimum atomic E-state index is 0.0440. The van der Waals surface area contributed by atoms with Crippen LogP contribution >= 0.6 is 11.8 Å². The van der Waals surface area contributed by atoms with Gasteiger partial charge in [0.15, 0.2) is 5.96 Å². The van der Waals surface area contributed by atoms with E-state index in [0.29, 0.717) is 5.41 Å². The molecule has 1 atom stereocenters. The first-order chi connectivity index (χ1) is 10.9. The second-order valence-electron chi connectivity index (χ2n) is 6.93. The molecular weight excluding hydrogens is 308 g/mol. The van der Waals surface area contributed by atoms with Gasteiger partial charge in [-0.1, -0.05) is 20.3 Å².